The molecule has 3 amide bonds. The first-order valence-corrected chi connectivity index (χ1v) is 15.0. The van der Waals surface area contributed by atoms with E-state index in [4.69, 9.17) is 4.74 Å². The van der Waals surface area contributed by atoms with E-state index in [0.717, 1.165) is 37.1 Å². The summed E-state index contributed by atoms with van der Waals surface area (Å²) < 4.78 is 20.3. The molecule has 43 heavy (non-hydrogen) atoms. The predicted octanol–water partition coefficient (Wildman–Crippen LogP) is 6.20. The molecule has 1 aliphatic heterocycles. The fraction of sp³-hybridized carbons (Fsp3) is 0.516. The summed E-state index contributed by atoms with van der Waals surface area (Å²) in [5, 5.41) is 9.03. The third kappa shape index (κ3) is 7.60. The van der Waals surface area contributed by atoms with Crippen LogP contribution in [0.1, 0.15) is 66.7 Å². The number of halogens is 1. The van der Waals surface area contributed by atoms with Crippen LogP contribution in [0.3, 0.4) is 0 Å². The van der Waals surface area contributed by atoms with E-state index in [1.807, 2.05) is 63.8 Å². The monoisotopic (exact) mass is 592 g/mol. The molecule has 2 atom stereocenters. The van der Waals surface area contributed by atoms with E-state index in [-0.39, 0.29) is 35.7 Å². The fourth-order valence-corrected chi connectivity index (χ4v) is 5.75. The molecule has 2 fully saturated rings. The molecule has 1 aliphatic carbocycles. The second-order valence-electron chi connectivity index (χ2n) is 12.5. The van der Waals surface area contributed by atoms with E-state index >= 15 is 0 Å². The Morgan fingerprint density at radius 1 is 1.00 bits per heavy atom. The summed E-state index contributed by atoms with van der Waals surface area (Å²) in [4.78, 5) is 42.3. The Balaban J connectivity index is 1.22. The molecule has 3 aromatic rings. The Bertz CT molecular complexity index is 1440. The van der Waals surface area contributed by atoms with Gasteiger partial charge >= 0.3 is 12.1 Å². The molecular formula is C31H41FN8O3. The Hall–Kier alpha value is -4.22. The highest BCUT2D eigenvalue weighted by Gasteiger charge is 2.35. The van der Waals surface area contributed by atoms with Gasteiger partial charge in [-0.3, -0.25) is 10.2 Å². The molecule has 1 saturated carbocycles. The number of nitrogens with zero attached hydrogens (tertiary/aromatic N) is 5. The van der Waals surface area contributed by atoms with Crippen molar-refractivity contribution < 1.29 is 18.7 Å². The normalized spacial score (nSPS) is 19.7. The summed E-state index contributed by atoms with van der Waals surface area (Å²) >= 11 is 0. The van der Waals surface area contributed by atoms with Gasteiger partial charge in [0.1, 0.15) is 5.60 Å². The molecule has 5 rings (SSSR count). The van der Waals surface area contributed by atoms with Crippen LogP contribution >= 0.6 is 0 Å². The number of ether oxygens (including phenoxy) is 1. The first kappa shape index (κ1) is 30.2. The number of anilines is 4. The van der Waals surface area contributed by atoms with Crippen molar-refractivity contribution in [1.29, 1.82) is 0 Å². The second-order valence-corrected chi connectivity index (χ2v) is 12.5. The lowest BCUT2D eigenvalue weighted by Crippen LogP contribution is -2.59. The molecule has 0 bridgehead atoms. The number of hydrogen-bond acceptors (Lipinski definition) is 8. The first-order chi connectivity index (χ1) is 20.4. The van der Waals surface area contributed by atoms with E-state index in [0.29, 0.717) is 24.4 Å². The summed E-state index contributed by atoms with van der Waals surface area (Å²) in [5.74, 6) is -0.531. The molecule has 0 spiro atoms. The fourth-order valence-electron chi connectivity index (χ4n) is 5.75. The summed E-state index contributed by atoms with van der Waals surface area (Å²) in [7, 11) is 0. The topological polar surface area (TPSA) is 125 Å². The van der Waals surface area contributed by atoms with Crippen LogP contribution in [-0.2, 0) is 4.74 Å². The standard InChI is InChI=1S/C31H41FN8O3/c1-19-17-39(18-20(2)40(19)30(42)43-31(3,4)5)24-13-11-23(12-14-24)34-28-33-16-21-15-25(32)27(36-26(21)37-28)38-29(41)35-22-9-7-6-8-10-22/h11-16,19-20,22H,6-10,17-18H2,1-5H3,(H3,33,34,35,36,37,38,41)/t19-,20+. The maximum atomic E-state index is 14.7. The van der Waals surface area contributed by atoms with Crippen LogP contribution in [0.2, 0.25) is 0 Å². The second kappa shape index (κ2) is 12.6. The molecule has 3 heterocycles. The Morgan fingerprint density at radius 3 is 2.33 bits per heavy atom. The van der Waals surface area contributed by atoms with Gasteiger partial charge in [0.15, 0.2) is 17.3 Å². The zero-order chi connectivity index (χ0) is 30.7. The lowest BCUT2D eigenvalue weighted by molar-refractivity contribution is 0.00565. The van der Waals surface area contributed by atoms with E-state index in [1.165, 1.54) is 18.7 Å². The molecule has 2 aliphatic rings. The number of carbonyl (C=O) groups excluding carboxylic acids is 2. The summed E-state index contributed by atoms with van der Waals surface area (Å²) in [6.45, 7) is 11.0. The average molecular weight is 593 g/mol. The number of urea groups is 1. The van der Waals surface area contributed by atoms with Gasteiger partial charge in [0, 0.05) is 42.1 Å². The number of amides is 3. The van der Waals surface area contributed by atoms with Crippen molar-refractivity contribution >= 4 is 46.3 Å². The number of fused-ring (bicyclic) bond motifs is 1. The van der Waals surface area contributed by atoms with Gasteiger partial charge in [0.25, 0.3) is 0 Å². The number of carbonyl (C=O) groups is 2. The van der Waals surface area contributed by atoms with Crippen molar-refractivity contribution in [3.63, 3.8) is 0 Å². The molecule has 2 aromatic heterocycles. The van der Waals surface area contributed by atoms with Crippen molar-refractivity contribution in [3.8, 4) is 0 Å². The minimum atomic E-state index is -0.651. The Morgan fingerprint density at radius 2 is 1.67 bits per heavy atom. The van der Waals surface area contributed by atoms with Crippen LogP contribution in [0.5, 0.6) is 0 Å². The molecule has 1 aromatic carbocycles. The molecule has 11 nitrogen and oxygen atoms in total. The number of piperazine rings is 1. The van der Waals surface area contributed by atoms with E-state index in [2.05, 4.69) is 35.8 Å². The largest absolute Gasteiger partial charge is 0.444 e. The number of pyridine rings is 1. The van der Waals surface area contributed by atoms with Gasteiger partial charge in [-0.1, -0.05) is 19.3 Å². The zero-order valence-corrected chi connectivity index (χ0v) is 25.5. The SMILES string of the molecule is C[C@@H]1CN(c2ccc(Nc3ncc4cc(F)c(NC(=O)NC5CCCCC5)nc4n3)cc2)C[C@H](C)N1C(=O)OC(C)(C)C. The van der Waals surface area contributed by atoms with Gasteiger partial charge in [-0.15, -0.1) is 0 Å². The van der Waals surface area contributed by atoms with Gasteiger partial charge in [0.05, 0.1) is 12.1 Å². The number of rotatable bonds is 5. The van der Waals surface area contributed by atoms with Crippen molar-refractivity contribution in [2.45, 2.75) is 90.4 Å². The molecule has 12 heteroatoms. The van der Waals surface area contributed by atoms with Crippen molar-refractivity contribution in [2.24, 2.45) is 0 Å². The molecule has 230 valence electrons. The highest BCUT2D eigenvalue weighted by molar-refractivity contribution is 5.90. The molecule has 1 saturated heterocycles. The summed E-state index contributed by atoms with van der Waals surface area (Å²) in [6.07, 6.45) is 6.38. The highest BCUT2D eigenvalue weighted by Crippen LogP contribution is 2.27. The van der Waals surface area contributed by atoms with Crippen LogP contribution in [0.25, 0.3) is 11.0 Å². The Labute approximate surface area is 251 Å². The highest BCUT2D eigenvalue weighted by atomic mass is 19.1. The molecule has 3 N–H and O–H groups in total. The van der Waals surface area contributed by atoms with Crippen LogP contribution in [0.4, 0.5) is 37.1 Å². The van der Waals surface area contributed by atoms with Gasteiger partial charge in [-0.25, -0.2) is 23.9 Å². The third-order valence-corrected chi connectivity index (χ3v) is 7.71. The third-order valence-electron chi connectivity index (χ3n) is 7.71. The van der Waals surface area contributed by atoms with Crippen LogP contribution in [0, 0.1) is 5.82 Å². The van der Waals surface area contributed by atoms with E-state index < -0.39 is 17.4 Å². The molecule has 0 unspecified atom stereocenters. The lowest BCUT2D eigenvalue weighted by Gasteiger charge is -2.45. The van der Waals surface area contributed by atoms with Gasteiger partial charge < -0.3 is 20.3 Å². The molecule has 0 radical (unpaired) electrons. The first-order valence-electron chi connectivity index (χ1n) is 15.0. The predicted molar refractivity (Wildman–Crippen MR) is 165 cm³/mol. The number of benzene rings is 1. The number of nitrogens with one attached hydrogen (secondary N) is 3. The van der Waals surface area contributed by atoms with Crippen LogP contribution < -0.4 is 20.9 Å². The van der Waals surface area contributed by atoms with Gasteiger partial charge in [0.2, 0.25) is 5.95 Å². The van der Waals surface area contributed by atoms with Crippen LogP contribution in [0.15, 0.2) is 36.5 Å². The van der Waals surface area contributed by atoms with Crippen molar-refractivity contribution in [2.75, 3.05) is 28.6 Å². The minimum Gasteiger partial charge on any atom is -0.444 e. The maximum absolute atomic E-state index is 14.7. The van der Waals surface area contributed by atoms with E-state index in [9.17, 15) is 14.0 Å². The smallest absolute Gasteiger partial charge is 0.410 e. The zero-order valence-electron chi connectivity index (χ0n) is 25.5. The van der Waals surface area contributed by atoms with Gasteiger partial charge in [-0.05, 0) is 77.8 Å². The summed E-state index contributed by atoms with van der Waals surface area (Å²) in [6, 6.07) is 8.73. The minimum absolute atomic E-state index is 0.0162. The average Bonchev–Trinajstić information content (AvgIpc) is 2.93. The summed E-state index contributed by atoms with van der Waals surface area (Å²) in [5.41, 5.74) is 1.52. The number of aromatic nitrogens is 3. The Kier molecular flexibility index (Phi) is 8.84. The lowest BCUT2D eigenvalue weighted by atomic mass is 9.96. The van der Waals surface area contributed by atoms with Crippen molar-refractivity contribution in [1.82, 2.24) is 25.2 Å². The maximum Gasteiger partial charge on any atom is 0.410 e. The molecular weight excluding hydrogens is 551 g/mol. The van der Waals surface area contributed by atoms with Crippen LogP contribution in [-0.4, -0.2) is 68.8 Å². The quantitative estimate of drug-likeness (QED) is 0.320. The number of hydrogen-bond donors (Lipinski definition) is 3. The van der Waals surface area contributed by atoms with E-state index in [1.54, 1.807) is 0 Å². The van der Waals surface area contributed by atoms with Gasteiger partial charge in [-0.2, -0.15) is 4.98 Å². The van der Waals surface area contributed by atoms with Crippen molar-refractivity contribution in [3.05, 3.63) is 42.3 Å².